The van der Waals surface area contributed by atoms with Crippen LogP contribution in [0, 0.1) is 0 Å². The summed E-state index contributed by atoms with van der Waals surface area (Å²) in [5.74, 6) is 0.0829. The number of aryl methyl sites for hydroxylation is 1. The van der Waals surface area contributed by atoms with Gasteiger partial charge in [-0.3, -0.25) is 0 Å². The lowest BCUT2D eigenvalue weighted by Gasteiger charge is -2.04. The largest absolute Gasteiger partial charge is 0.447 e. The Kier molecular flexibility index (Phi) is 5.99. The molecule has 0 amide bonds. The fraction of sp³-hybridized carbons (Fsp3) is 0.211. The lowest BCUT2D eigenvalue weighted by molar-refractivity contribution is -0.0329. The number of nitrogens with zero attached hydrogens (tertiary/aromatic N) is 4. The Hall–Kier alpha value is -2.15. The number of halogens is 4. The maximum absolute atomic E-state index is 12.8. The van der Waals surface area contributed by atoms with Gasteiger partial charge in [0, 0.05) is 29.4 Å². The molecule has 0 saturated heterocycles. The standard InChI is InChI=1S/C19H14ClF3N4O2S3/c1-3-32(28,29)18-15(26-17(30-18)10-4-6-11(20)7-5-10)16-25-12-8-14(31-19(21,22)23)24-9-13(12)27(16)2/h4-9H,3H2,1-2H3. The summed E-state index contributed by atoms with van der Waals surface area (Å²) in [5.41, 5.74) is -2.95. The topological polar surface area (TPSA) is 77.7 Å². The van der Waals surface area contributed by atoms with E-state index in [0.717, 1.165) is 11.3 Å². The van der Waals surface area contributed by atoms with Crippen LogP contribution in [0.25, 0.3) is 33.1 Å². The lowest BCUT2D eigenvalue weighted by atomic mass is 10.2. The Morgan fingerprint density at radius 1 is 1.19 bits per heavy atom. The molecule has 1 aromatic carbocycles. The highest BCUT2D eigenvalue weighted by Gasteiger charge is 2.31. The van der Waals surface area contributed by atoms with Crippen LogP contribution in [0.1, 0.15) is 6.92 Å². The van der Waals surface area contributed by atoms with Gasteiger partial charge in [0.05, 0.1) is 23.0 Å². The highest BCUT2D eigenvalue weighted by molar-refractivity contribution is 8.00. The molecule has 3 aromatic heterocycles. The van der Waals surface area contributed by atoms with Crippen molar-refractivity contribution in [3.63, 3.8) is 0 Å². The second-order valence-electron chi connectivity index (χ2n) is 6.62. The van der Waals surface area contributed by atoms with E-state index in [1.165, 1.54) is 19.2 Å². The number of sulfone groups is 1. The minimum atomic E-state index is -4.48. The van der Waals surface area contributed by atoms with Crippen LogP contribution >= 0.6 is 34.7 Å². The molecule has 6 nitrogen and oxygen atoms in total. The molecule has 32 heavy (non-hydrogen) atoms. The highest BCUT2D eigenvalue weighted by Crippen LogP contribution is 2.40. The molecule has 0 atom stereocenters. The number of alkyl halides is 3. The summed E-state index contributed by atoms with van der Waals surface area (Å²) in [5, 5.41) is 0.737. The van der Waals surface area contributed by atoms with Gasteiger partial charge in [0.1, 0.15) is 15.7 Å². The second-order valence-corrected chi connectivity index (χ2v) is 11.6. The van der Waals surface area contributed by atoms with Crippen molar-refractivity contribution in [2.24, 2.45) is 7.05 Å². The van der Waals surface area contributed by atoms with Gasteiger partial charge >= 0.3 is 5.51 Å². The molecule has 0 unspecified atom stereocenters. The summed E-state index contributed by atoms with van der Waals surface area (Å²) in [6.45, 7) is 1.53. The first kappa shape index (κ1) is 23.0. The molecule has 0 radical (unpaired) electrons. The first-order chi connectivity index (χ1) is 15.0. The first-order valence-corrected chi connectivity index (χ1v) is 12.7. The zero-order valence-corrected chi connectivity index (χ0v) is 19.7. The predicted octanol–water partition coefficient (Wildman–Crippen LogP) is 5.82. The van der Waals surface area contributed by atoms with Crippen molar-refractivity contribution in [3.05, 3.63) is 41.6 Å². The quantitative estimate of drug-likeness (QED) is 0.310. The Bertz CT molecular complexity index is 1410. The van der Waals surface area contributed by atoms with Gasteiger partial charge in [-0.15, -0.1) is 11.3 Å². The molecule has 0 bridgehead atoms. The molecule has 3 heterocycles. The fourth-order valence-electron chi connectivity index (χ4n) is 2.96. The molecule has 4 rings (SSSR count). The molecule has 13 heteroatoms. The van der Waals surface area contributed by atoms with E-state index >= 15 is 0 Å². The minimum Gasteiger partial charge on any atom is -0.324 e. The molecule has 0 saturated carbocycles. The molecule has 0 aliphatic rings. The third-order valence-electron chi connectivity index (χ3n) is 4.52. The van der Waals surface area contributed by atoms with Crippen LogP contribution in [0.5, 0.6) is 0 Å². The van der Waals surface area contributed by atoms with Crippen molar-refractivity contribution in [3.8, 4) is 22.1 Å². The van der Waals surface area contributed by atoms with E-state index in [1.807, 2.05) is 0 Å². The summed E-state index contributed by atoms with van der Waals surface area (Å²) >= 11 is 6.61. The van der Waals surface area contributed by atoms with Gasteiger partial charge in [0.25, 0.3) is 0 Å². The van der Waals surface area contributed by atoms with E-state index in [0.29, 0.717) is 21.1 Å². The van der Waals surface area contributed by atoms with Crippen molar-refractivity contribution in [1.82, 2.24) is 19.5 Å². The van der Waals surface area contributed by atoms with Crippen LogP contribution in [0.2, 0.25) is 5.02 Å². The number of fused-ring (bicyclic) bond motifs is 1. The predicted molar refractivity (Wildman–Crippen MR) is 120 cm³/mol. The number of imidazole rings is 1. The molecule has 0 fully saturated rings. The van der Waals surface area contributed by atoms with Gasteiger partial charge in [-0.2, -0.15) is 13.2 Å². The zero-order valence-electron chi connectivity index (χ0n) is 16.5. The SMILES string of the molecule is CCS(=O)(=O)c1sc(-c2ccc(Cl)cc2)nc1-c1nc2cc(SC(F)(F)F)ncc2n1C. The number of aromatic nitrogens is 4. The smallest absolute Gasteiger partial charge is 0.324 e. The maximum Gasteiger partial charge on any atom is 0.447 e. The molecular weight excluding hydrogens is 505 g/mol. The van der Waals surface area contributed by atoms with Gasteiger partial charge in [-0.1, -0.05) is 30.7 Å². The number of thioether (sulfide) groups is 1. The highest BCUT2D eigenvalue weighted by atomic mass is 35.5. The number of thiazole rings is 1. The van der Waals surface area contributed by atoms with Crippen LogP contribution in [-0.2, 0) is 16.9 Å². The third kappa shape index (κ3) is 4.49. The number of pyridine rings is 1. The van der Waals surface area contributed by atoms with Crippen LogP contribution in [0.4, 0.5) is 13.2 Å². The van der Waals surface area contributed by atoms with Gasteiger partial charge in [0.2, 0.25) is 0 Å². The molecule has 0 N–H and O–H groups in total. The molecule has 0 spiro atoms. The van der Waals surface area contributed by atoms with Crippen molar-refractivity contribution < 1.29 is 21.6 Å². The van der Waals surface area contributed by atoms with Gasteiger partial charge < -0.3 is 4.57 Å². The molecule has 4 aromatic rings. The lowest BCUT2D eigenvalue weighted by Crippen LogP contribution is -2.05. The minimum absolute atomic E-state index is 0.0428. The monoisotopic (exact) mass is 518 g/mol. The van der Waals surface area contributed by atoms with Crippen LogP contribution in [-0.4, -0.2) is 39.2 Å². The zero-order chi connectivity index (χ0) is 23.3. The van der Waals surface area contributed by atoms with E-state index < -0.39 is 15.3 Å². The fourth-order valence-corrected chi connectivity index (χ4v) is 6.19. The van der Waals surface area contributed by atoms with Gasteiger partial charge in [0.15, 0.2) is 19.9 Å². The van der Waals surface area contributed by atoms with E-state index in [1.54, 1.807) is 35.9 Å². The van der Waals surface area contributed by atoms with Crippen molar-refractivity contribution in [1.29, 1.82) is 0 Å². The van der Waals surface area contributed by atoms with Crippen molar-refractivity contribution in [2.45, 2.75) is 21.7 Å². The van der Waals surface area contributed by atoms with E-state index in [4.69, 9.17) is 11.6 Å². The van der Waals surface area contributed by atoms with Gasteiger partial charge in [-0.25, -0.2) is 23.4 Å². The Labute approximate surface area is 194 Å². The Balaban J connectivity index is 1.89. The van der Waals surface area contributed by atoms with Crippen LogP contribution in [0.15, 0.2) is 45.8 Å². The van der Waals surface area contributed by atoms with Crippen molar-refractivity contribution >= 4 is 55.6 Å². The summed E-state index contributed by atoms with van der Waals surface area (Å²) in [6, 6.07) is 8.02. The van der Waals surface area contributed by atoms with E-state index in [2.05, 4.69) is 15.0 Å². The van der Waals surface area contributed by atoms with Crippen LogP contribution < -0.4 is 0 Å². The number of benzene rings is 1. The first-order valence-electron chi connectivity index (χ1n) is 9.06. The number of rotatable bonds is 5. The Morgan fingerprint density at radius 3 is 2.50 bits per heavy atom. The summed E-state index contributed by atoms with van der Waals surface area (Å²) < 4.78 is 65.4. The van der Waals surface area contributed by atoms with E-state index in [-0.39, 0.29) is 43.8 Å². The average molecular weight is 519 g/mol. The maximum atomic E-state index is 12.8. The average Bonchev–Trinajstić information content (AvgIpc) is 3.29. The van der Waals surface area contributed by atoms with Crippen molar-refractivity contribution in [2.75, 3.05) is 5.75 Å². The molecular formula is C19H14ClF3N4O2S3. The van der Waals surface area contributed by atoms with E-state index in [9.17, 15) is 21.6 Å². The number of hydrogen-bond acceptors (Lipinski definition) is 7. The summed E-state index contributed by atoms with van der Waals surface area (Å²) in [4.78, 5) is 12.8. The summed E-state index contributed by atoms with van der Waals surface area (Å²) in [6.07, 6.45) is 1.28. The number of hydrogen-bond donors (Lipinski definition) is 0. The second kappa shape index (κ2) is 8.32. The molecule has 168 valence electrons. The van der Waals surface area contributed by atoms with Crippen LogP contribution in [0.3, 0.4) is 0 Å². The third-order valence-corrected chi connectivity index (χ3v) is 8.87. The van der Waals surface area contributed by atoms with Gasteiger partial charge in [-0.05, 0) is 18.2 Å². The molecule has 0 aliphatic carbocycles. The Morgan fingerprint density at radius 2 is 1.88 bits per heavy atom. The normalized spacial score (nSPS) is 12.6. The summed E-state index contributed by atoms with van der Waals surface area (Å²) in [7, 11) is -2.02. The molecule has 0 aliphatic heterocycles.